The van der Waals surface area contributed by atoms with Gasteiger partial charge in [-0.05, 0) is 19.4 Å². The number of aromatic amines is 1. The maximum Gasteiger partial charge on any atom is 0.305 e. The molecular formula is C14H17N3O4S. The zero-order valence-electron chi connectivity index (χ0n) is 12.4. The average molecular weight is 323 g/mol. The minimum absolute atomic E-state index is 0.0977. The second-order valence-corrected chi connectivity index (χ2v) is 6.17. The summed E-state index contributed by atoms with van der Waals surface area (Å²) in [4.78, 5) is 42.8. The molecule has 0 saturated carbocycles. The summed E-state index contributed by atoms with van der Waals surface area (Å²) < 4.78 is 0. The van der Waals surface area contributed by atoms with Crippen molar-refractivity contribution in [1.29, 1.82) is 0 Å². The molecule has 0 fully saturated rings. The molecule has 0 spiro atoms. The first kappa shape index (κ1) is 16.2. The lowest BCUT2D eigenvalue weighted by atomic mass is 10.2. The summed E-state index contributed by atoms with van der Waals surface area (Å²) in [6, 6.07) is 0. The number of nitrogens with zero attached hydrogens (tertiary/aromatic N) is 1. The molecule has 8 heteroatoms. The Morgan fingerprint density at radius 2 is 2.05 bits per heavy atom. The number of hydrogen-bond donors (Lipinski definition) is 3. The molecule has 118 valence electrons. The van der Waals surface area contributed by atoms with E-state index in [1.54, 1.807) is 0 Å². The topological polar surface area (TPSA) is 112 Å². The van der Waals surface area contributed by atoms with Crippen molar-refractivity contribution in [3.05, 3.63) is 26.6 Å². The third-order valence-corrected chi connectivity index (χ3v) is 4.44. The molecular weight excluding hydrogens is 306 g/mol. The van der Waals surface area contributed by atoms with Crippen LogP contribution in [-0.4, -0.2) is 33.5 Å². The number of aryl methyl sites for hydroxylation is 3. The number of fused-ring (bicyclic) bond motifs is 1. The molecule has 0 unspecified atom stereocenters. The van der Waals surface area contributed by atoms with Crippen molar-refractivity contribution in [1.82, 2.24) is 15.3 Å². The third-order valence-electron chi connectivity index (χ3n) is 3.34. The summed E-state index contributed by atoms with van der Waals surface area (Å²) in [6.07, 6.45) is 0.345. The van der Waals surface area contributed by atoms with Crippen LogP contribution in [0.15, 0.2) is 4.79 Å². The van der Waals surface area contributed by atoms with E-state index in [9.17, 15) is 14.4 Å². The van der Waals surface area contributed by atoms with Gasteiger partial charge in [0.25, 0.3) is 5.56 Å². The summed E-state index contributed by atoms with van der Waals surface area (Å²) in [5.74, 6) is -0.755. The lowest BCUT2D eigenvalue weighted by Crippen LogP contribution is -2.26. The number of amides is 1. The number of rotatable bonds is 6. The molecule has 2 aromatic heterocycles. The van der Waals surface area contributed by atoms with Crippen LogP contribution >= 0.6 is 11.3 Å². The van der Waals surface area contributed by atoms with Gasteiger partial charge in [0, 0.05) is 24.3 Å². The highest BCUT2D eigenvalue weighted by Crippen LogP contribution is 2.25. The number of aromatic nitrogens is 2. The summed E-state index contributed by atoms with van der Waals surface area (Å²) in [7, 11) is 0. The highest BCUT2D eigenvalue weighted by molar-refractivity contribution is 7.18. The van der Waals surface area contributed by atoms with Crippen LogP contribution in [0.5, 0.6) is 0 Å². The predicted molar refractivity (Wildman–Crippen MR) is 83.3 cm³/mol. The van der Waals surface area contributed by atoms with Gasteiger partial charge >= 0.3 is 5.97 Å². The van der Waals surface area contributed by atoms with E-state index in [0.29, 0.717) is 22.5 Å². The number of aliphatic carboxylic acids is 1. The fourth-order valence-electron chi connectivity index (χ4n) is 2.05. The lowest BCUT2D eigenvalue weighted by Gasteiger charge is -2.03. The molecule has 0 aliphatic carbocycles. The van der Waals surface area contributed by atoms with Gasteiger partial charge in [0.05, 0.1) is 11.8 Å². The molecule has 0 bridgehead atoms. The number of carbonyl (C=O) groups excluding carboxylic acids is 1. The van der Waals surface area contributed by atoms with Crippen LogP contribution in [0.25, 0.3) is 10.2 Å². The number of H-pyrrole nitrogens is 1. The molecule has 0 radical (unpaired) electrons. The van der Waals surface area contributed by atoms with E-state index in [2.05, 4.69) is 15.3 Å². The van der Waals surface area contributed by atoms with Gasteiger partial charge < -0.3 is 15.4 Å². The normalized spacial score (nSPS) is 10.8. The summed E-state index contributed by atoms with van der Waals surface area (Å²) in [5, 5.41) is 11.6. The van der Waals surface area contributed by atoms with E-state index in [4.69, 9.17) is 5.11 Å². The largest absolute Gasteiger partial charge is 0.481 e. The van der Waals surface area contributed by atoms with Crippen LogP contribution in [0.2, 0.25) is 0 Å². The molecule has 1 amide bonds. The number of hydrogen-bond acceptors (Lipinski definition) is 5. The molecule has 2 rings (SSSR count). The average Bonchev–Trinajstić information content (AvgIpc) is 2.71. The van der Waals surface area contributed by atoms with Gasteiger partial charge in [-0.15, -0.1) is 11.3 Å². The Hall–Kier alpha value is -2.22. The molecule has 0 saturated heterocycles. The maximum atomic E-state index is 12.1. The third kappa shape index (κ3) is 3.70. The van der Waals surface area contributed by atoms with Crippen LogP contribution in [0.1, 0.15) is 29.1 Å². The van der Waals surface area contributed by atoms with Crippen molar-refractivity contribution in [3.63, 3.8) is 0 Å². The zero-order chi connectivity index (χ0) is 16.3. The molecule has 22 heavy (non-hydrogen) atoms. The van der Waals surface area contributed by atoms with Crippen molar-refractivity contribution >= 4 is 33.4 Å². The number of carboxylic acid groups (broad SMARTS) is 1. The number of carbonyl (C=O) groups is 2. The van der Waals surface area contributed by atoms with Gasteiger partial charge in [-0.3, -0.25) is 14.4 Å². The first-order valence-electron chi connectivity index (χ1n) is 6.86. The summed E-state index contributed by atoms with van der Waals surface area (Å²) in [5.41, 5.74) is 0.750. The summed E-state index contributed by atoms with van der Waals surface area (Å²) >= 11 is 1.46. The molecule has 0 atom stereocenters. The second-order valence-electron chi connectivity index (χ2n) is 4.97. The van der Waals surface area contributed by atoms with Gasteiger partial charge in [-0.25, -0.2) is 4.98 Å². The van der Waals surface area contributed by atoms with E-state index in [1.165, 1.54) is 11.3 Å². The molecule has 0 aliphatic heterocycles. The van der Waals surface area contributed by atoms with Crippen molar-refractivity contribution in [2.45, 2.75) is 33.1 Å². The number of carboxylic acids is 1. The van der Waals surface area contributed by atoms with Crippen LogP contribution in [-0.2, 0) is 16.0 Å². The Balaban J connectivity index is 2.02. The Morgan fingerprint density at radius 1 is 1.32 bits per heavy atom. The fourth-order valence-corrected chi connectivity index (χ4v) is 3.10. The second kappa shape index (κ2) is 6.69. The van der Waals surface area contributed by atoms with Gasteiger partial charge in [-0.1, -0.05) is 0 Å². The molecule has 7 nitrogen and oxygen atoms in total. The van der Waals surface area contributed by atoms with E-state index >= 15 is 0 Å². The van der Waals surface area contributed by atoms with E-state index < -0.39 is 5.97 Å². The van der Waals surface area contributed by atoms with Crippen LogP contribution in [0.3, 0.4) is 0 Å². The number of thiophene rings is 1. The predicted octanol–water partition coefficient (Wildman–Crippen LogP) is 1.12. The van der Waals surface area contributed by atoms with Crippen LogP contribution in [0.4, 0.5) is 0 Å². The van der Waals surface area contributed by atoms with E-state index in [-0.39, 0.29) is 30.9 Å². The van der Waals surface area contributed by atoms with Crippen molar-refractivity contribution in [3.8, 4) is 0 Å². The highest BCUT2D eigenvalue weighted by Gasteiger charge is 2.12. The first-order valence-corrected chi connectivity index (χ1v) is 7.67. The van der Waals surface area contributed by atoms with Gasteiger partial charge in [0.2, 0.25) is 5.91 Å². The SMILES string of the molecule is Cc1sc2nc(CCC(=O)NCCC(=O)O)[nH]c(=O)c2c1C. The maximum absolute atomic E-state index is 12.1. The monoisotopic (exact) mass is 323 g/mol. The zero-order valence-corrected chi connectivity index (χ0v) is 13.2. The van der Waals surface area contributed by atoms with Crippen molar-refractivity contribution in [2.75, 3.05) is 6.54 Å². The molecule has 2 aromatic rings. The van der Waals surface area contributed by atoms with Gasteiger partial charge in [0.1, 0.15) is 10.7 Å². The standard InChI is InChI=1S/C14H17N3O4S/c1-7-8(2)22-14-12(7)13(21)16-9(17-14)3-4-10(18)15-6-5-11(19)20/h3-6H2,1-2H3,(H,15,18)(H,19,20)(H,16,17,21). The van der Waals surface area contributed by atoms with Crippen LogP contribution in [0, 0.1) is 13.8 Å². The Bertz CT molecular complexity index is 778. The minimum atomic E-state index is -0.958. The Morgan fingerprint density at radius 3 is 2.73 bits per heavy atom. The quantitative estimate of drug-likeness (QED) is 0.737. The summed E-state index contributed by atoms with van der Waals surface area (Å²) in [6.45, 7) is 3.93. The Kier molecular flexibility index (Phi) is 4.92. The smallest absolute Gasteiger partial charge is 0.305 e. The lowest BCUT2D eigenvalue weighted by molar-refractivity contribution is -0.136. The minimum Gasteiger partial charge on any atom is -0.481 e. The molecule has 2 heterocycles. The van der Waals surface area contributed by atoms with Gasteiger partial charge in [-0.2, -0.15) is 0 Å². The van der Waals surface area contributed by atoms with E-state index in [1.807, 2.05) is 13.8 Å². The Labute approximate surface area is 130 Å². The molecule has 0 aliphatic rings. The van der Waals surface area contributed by atoms with Crippen molar-refractivity contribution in [2.24, 2.45) is 0 Å². The van der Waals surface area contributed by atoms with E-state index in [0.717, 1.165) is 10.4 Å². The van der Waals surface area contributed by atoms with Gasteiger partial charge in [0.15, 0.2) is 0 Å². The number of nitrogens with one attached hydrogen (secondary N) is 2. The molecule has 3 N–H and O–H groups in total. The highest BCUT2D eigenvalue weighted by atomic mass is 32.1. The first-order chi connectivity index (χ1) is 10.4. The van der Waals surface area contributed by atoms with Crippen molar-refractivity contribution < 1.29 is 14.7 Å². The fraction of sp³-hybridized carbons (Fsp3) is 0.429. The van der Waals surface area contributed by atoms with Crippen LogP contribution < -0.4 is 10.9 Å². The molecule has 0 aromatic carbocycles.